The molecular weight excluding hydrogens is 114 g/mol. The Morgan fingerprint density at radius 2 is 2.00 bits per heavy atom. The zero-order chi connectivity index (χ0) is 4.57. The van der Waals surface area contributed by atoms with Crippen molar-refractivity contribution in [2.75, 3.05) is 7.05 Å². The van der Waals surface area contributed by atoms with Crippen LogP contribution in [0.5, 0.6) is 0 Å². The molecule has 0 aromatic rings. The first-order valence-corrected chi connectivity index (χ1v) is 2.22. The van der Waals surface area contributed by atoms with Crippen molar-refractivity contribution in [2.45, 2.75) is 18.9 Å². The minimum atomic E-state index is 0. The predicted molar refractivity (Wildman–Crippen MR) is 29.8 cm³/mol. The van der Waals surface area contributed by atoms with E-state index >= 15 is 0 Å². The third-order valence-corrected chi connectivity index (χ3v) is 1.08. The molecule has 0 unspecified atom stereocenters. The maximum atomic E-state index is 8.53. The van der Waals surface area contributed by atoms with Crippen molar-refractivity contribution in [3.05, 3.63) is 0 Å². The van der Waals surface area contributed by atoms with Gasteiger partial charge in [0, 0.05) is 13.1 Å². The van der Waals surface area contributed by atoms with E-state index in [1.807, 2.05) is 0 Å². The molecule has 2 nitrogen and oxygen atoms in total. The zero-order valence-corrected chi connectivity index (χ0v) is 5.11. The fourth-order valence-corrected chi connectivity index (χ4v) is 0.448. The van der Waals surface area contributed by atoms with Crippen LogP contribution >= 0.6 is 12.4 Å². The summed E-state index contributed by atoms with van der Waals surface area (Å²) in [4.78, 5) is 0. The molecule has 0 aromatic carbocycles. The second-order valence-corrected chi connectivity index (χ2v) is 1.80. The first kappa shape index (κ1) is 7.21. The van der Waals surface area contributed by atoms with Crippen LogP contribution in [0.4, 0.5) is 0 Å². The molecule has 1 rings (SSSR count). The van der Waals surface area contributed by atoms with Crippen molar-refractivity contribution in [3.8, 4) is 0 Å². The van der Waals surface area contributed by atoms with Gasteiger partial charge in [0.2, 0.25) is 0 Å². The van der Waals surface area contributed by atoms with Gasteiger partial charge in [-0.2, -0.15) is 5.06 Å². The van der Waals surface area contributed by atoms with E-state index in [2.05, 4.69) is 0 Å². The molecule has 7 heavy (non-hydrogen) atoms. The van der Waals surface area contributed by atoms with Crippen molar-refractivity contribution >= 4 is 12.4 Å². The van der Waals surface area contributed by atoms with Gasteiger partial charge >= 0.3 is 0 Å². The number of hydroxylamine groups is 2. The number of hydrogen-bond acceptors (Lipinski definition) is 2. The maximum Gasteiger partial charge on any atom is 0.0348 e. The monoisotopic (exact) mass is 123 g/mol. The van der Waals surface area contributed by atoms with Gasteiger partial charge in [-0.1, -0.05) is 0 Å². The third kappa shape index (κ3) is 2.12. The fraction of sp³-hybridized carbons (Fsp3) is 1.00. The number of rotatable bonds is 1. The molecular formula is C4H10ClNO. The fourth-order valence-electron chi connectivity index (χ4n) is 0.448. The average Bonchev–Trinajstić information content (AvgIpc) is 2.06. The molecule has 0 aromatic heterocycles. The van der Waals surface area contributed by atoms with Crippen LogP contribution < -0.4 is 0 Å². The van der Waals surface area contributed by atoms with Crippen LogP contribution in [0.15, 0.2) is 0 Å². The van der Waals surface area contributed by atoms with Crippen molar-refractivity contribution in [2.24, 2.45) is 0 Å². The largest absolute Gasteiger partial charge is 0.314 e. The first-order chi connectivity index (χ1) is 2.80. The highest BCUT2D eigenvalue weighted by atomic mass is 35.5. The molecule has 44 valence electrons. The number of halogens is 1. The Kier molecular flexibility index (Phi) is 2.58. The molecule has 0 bridgehead atoms. The summed E-state index contributed by atoms with van der Waals surface area (Å²) >= 11 is 0. The first-order valence-electron chi connectivity index (χ1n) is 2.22. The minimum Gasteiger partial charge on any atom is -0.314 e. The summed E-state index contributed by atoms with van der Waals surface area (Å²) in [5.74, 6) is 0. The summed E-state index contributed by atoms with van der Waals surface area (Å²) in [5.41, 5.74) is 0. The molecule has 0 atom stereocenters. The Balaban J connectivity index is 0.000000360. The van der Waals surface area contributed by atoms with Gasteiger partial charge in [0.1, 0.15) is 0 Å². The van der Waals surface area contributed by atoms with Crippen LogP contribution in [0.3, 0.4) is 0 Å². The Bertz CT molecular complexity index is 53.7. The molecule has 0 radical (unpaired) electrons. The molecule has 1 aliphatic carbocycles. The molecule has 3 heteroatoms. The van der Waals surface area contributed by atoms with E-state index in [1.54, 1.807) is 7.05 Å². The topological polar surface area (TPSA) is 23.5 Å². The highest BCUT2D eigenvalue weighted by Crippen LogP contribution is 2.23. The van der Waals surface area contributed by atoms with E-state index in [9.17, 15) is 0 Å². The normalized spacial score (nSPS) is 19.3. The van der Waals surface area contributed by atoms with Gasteiger partial charge in [-0.15, -0.1) is 12.4 Å². The Labute approximate surface area is 49.5 Å². The summed E-state index contributed by atoms with van der Waals surface area (Å²) < 4.78 is 0. The molecule has 0 amide bonds. The van der Waals surface area contributed by atoms with Gasteiger partial charge in [-0.25, -0.2) is 0 Å². The number of nitrogens with zero attached hydrogens (tertiary/aromatic N) is 1. The van der Waals surface area contributed by atoms with Crippen molar-refractivity contribution in [3.63, 3.8) is 0 Å². The minimum absolute atomic E-state index is 0. The Hall–Kier alpha value is 0.210. The average molecular weight is 124 g/mol. The maximum absolute atomic E-state index is 8.53. The van der Waals surface area contributed by atoms with Gasteiger partial charge in [0.05, 0.1) is 0 Å². The predicted octanol–water partition coefficient (Wildman–Crippen LogP) is 0.892. The van der Waals surface area contributed by atoms with Crippen LogP contribution in [-0.4, -0.2) is 23.4 Å². The van der Waals surface area contributed by atoms with E-state index in [0.717, 1.165) is 0 Å². The molecule has 0 aliphatic heterocycles. The lowest BCUT2D eigenvalue weighted by atomic mass is 10.7. The van der Waals surface area contributed by atoms with Gasteiger partial charge in [-0.05, 0) is 12.8 Å². The van der Waals surface area contributed by atoms with Gasteiger partial charge in [0.25, 0.3) is 0 Å². The van der Waals surface area contributed by atoms with Crippen molar-refractivity contribution < 1.29 is 5.21 Å². The highest BCUT2D eigenvalue weighted by Gasteiger charge is 2.24. The van der Waals surface area contributed by atoms with Crippen LogP contribution in [0.2, 0.25) is 0 Å². The lowest BCUT2D eigenvalue weighted by Crippen LogP contribution is -2.13. The molecule has 1 aliphatic rings. The third-order valence-electron chi connectivity index (χ3n) is 1.08. The van der Waals surface area contributed by atoms with E-state index in [1.165, 1.54) is 17.9 Å². The van der Waals surface area contributed by atoms with E-state index in [4.69, 9.17) is 5.21 Å². The van der Waals surface area contributed by atoms with Gasteiger partial charge < -0.3 is 5.21 Å². The lowest BCUT2D eigenvalue weighted by molar-refractivity contribution is -0.0732. The molecule has 0 spiro atoms. The molecule has 1 fully saturated rings. The zero-order valence-electron chi connectivity index (χ0n) is 4.29. The molecule has 0 saturated heterocycles. The summed E-state index contributed by atoms with van der Waals surface area (Å²) in [6, 6.07) is 0.491. The van der Waals surface area contributed by atoms with Gasteiger partial charge in [0.15, 0.2) is 0 Å². The SMILES string of the molecule is CN(O)C1CC1.Cl. The second-order valence-electron chi connectivity index (χ2n) is 1.80. The lowest BCUT2D eigenvalue weighted by Gasteiger charge is -2.01. The standard InChI is InChI=1S/C4H9NO.ClH/c1-5(6)4-2-3-4;/h4,6H,2-3H2,1H3;1H. The summed E-state index contributed by atoms with van der Waals surface area (Å²) in [6.45, 7) is 0. The number of hydrogen-bond donors (Lipinski definition) is 1. The summed E-state index contributed by atoms with van der Waals surface area (Å²) in [6.07, 6.45) is 2.35. The van der Waals surface area contributed by atoms with Crippen molar-refractivity contribution in [1.29, 1.82) is 0 Å². The Morgan fingerprint density at radius 3 is 2.00 bits per heavy atom. The van der Waals surface area contributed by atoms with Crippen LogP contribution in [-0.2, 0) is 0 Å². The van der Waals surface area contributed by atoms with E-state index < -0.39 is 0 Å². The quantitative estimate of drug-likeness (QED) is 0.524. The summed E-state index contributed by atoms with van der Waals surface area (Å²) in [5, 5.41) is 9.80. The smallest absolute Gasteiger partial charge is 0.0348 e. The van der Waals surface area contributed by atoms with Crippen LogP contribution in [0, 0.1) is 0 Å². The Morgan fingerprint density at radius 1 is 1.57 bits per heavy atom. The van der Waals surface area contributed by atoms with Crippen LogP contribution in [0.25, 0.3) is 0 Å². The second kappa shape index (κ2) is 2.50. The van der Waals surface area contributed by atoms with Crippen LogP contribution in [0.1, 0.15) is 12.8 Å². The van der Waals surface area contributed by atoms with Crippen molar-refractivity contribution in [1.82, 2.24) is 5.06 Å². The van der Waals surface area contributed by atoms with Gasteiger partial charge in [-0.3, -0.25) is 0 Å². The molecule has 1 N–H and O–H groups in total. The highest BCUT2D eigenvalue weighted by molar-refractivity contribution is 5.85. The van der Waals surface area contributed by atoms with E-state index in [0.29, 0.717) is 6.04 Å². The van der Waals surface area contributed by atoms with E-state index in [-0.39, 0.29) is 12.4 Å². The molecule has 1 saturated carbocycles. The summed E-state index contributed by atoms with van der Waals surface area (Å²) in [7, 11) is 1.69. The molecule has 0 heterocycles.